The zero-order chi connectivity index (χ0) is 21.4. The van der Waals surface area contributed by atoms with Crippen LogP contribution in [0.1, 0.15) is 36.8 Å². The second-order valence-electron chi connectivity index (χ2n) is 7.87. The summed E-state index contributed by atoms with van der Waals surface area (Å²) in [7, 11) is -3.85. The third-order valence-electron chi connectivity index (χ3n) is 5.83. The van der Waals surface area contributed by atoms with Gasteiger partial charge < -0.3 is 9.73 Å². The van der Waals surface area contributed by atoms with Gasteiger partial charge in [0.1, 0.15) is 0 Å². The van der Waals surface area contributed by atoms with Gasteiger partial charge in [-0.1, -0.05) is 25.0 Å². The fourth-order valence-electron chi connectivity index (χ4n) is 4.09. The monoisotopic (exact) mass is 424 g/mol. The molecule has 7 heteroatoms. The lowest BCUT2D eigenvalue weighted by Gasteiger charge is -2.28. The van der Waals surface area contributed by atoms with E-state index >= 15 is 0 Å². The maximum absolute atomic E-state index is 13.7. The molecular weight excluding hydrogens is 400 g/mol. The molecule has 156 valence electrons. The van der Waals surface area contributed by atoms with Gasteiger partial charge >= 0.3 is 0 Å². The molecule has 0 bridgehead atoms. The van der Waals surface area contributed by atoms with Crippen molar-refractivity contribution in [2.45, 2.75) is 49.2 Å². The molecule has 1 aromatic heterocycles. The van der Waals surface area contributed by atoms with Crippen molar-refractivity contribution in [2.24, 2.45) is 0 Å². The lowest BCUT2D eigenvalue weighted by Crippen LogP contribution is -2.47. The number of aryl methyl sites for hydroxylation is 2. The predicted molar refractivity (Wildman–Crippen MR) is 115 cm³/mol. The number of aromatic nitrogens is 1. The summed E-state index contributed by atoms with van der Waals surface area (Å²) in [5.41, 5.74) is 2.89. The molecule has 1 fully saturated rings. The molecule has 0 saturated heterocycles. The van der Waals surface area contributed by atoms with Gasteiger partial charge in [-0.2, -0.15) is 0 Å². The molecule has 0 radical (unpaired) electrons. The van der Waals surface area contributed by atoms with Crippen LogP contribution in [0.3, 0.4) is 0 Å². The van der Waals surface area contributed by atoms with Gasteiger partial charge in [-0.25, -0.2) is 13.4 Å². The van der Waals surface area contributed by atoms with E-state index in [2.05, 4.69) is 10.3 Å². The molecule has 0 unspecified atom stereocenters. The Morgan fingerprint density at radius 1 is 1.07 bits per heavy atom. The zero-order valence-corrected chi connectivity index (χ0v) is 17.8. The molecule has 1 heterocycles. The minimum absolute atomic E-state index is 0.250. The second kappa shape index (κ2) is 7.72. The zero-order valence-electron chi connectivity index (χ0n) is 17.0. The first-order chi connectivity index (χ1) is 14.3. The third kappa shape index (κ3) is 3.43. The average Bonchev–Trinajstić information content (AvgIpc) is 3.43. The number of anilines is 1. The molecule has 0 spiro atoms. The van der Waals surface area contributed by atoms with E-state index in [1.807, 2.05) is 13.0 Å². The highest BCUT2D eigenvalue weighted by Crippen LogP contribution is 2.42. The summed E-state index contributed by atoms with van der Waals surface area (Å²) < 4.78 is 31.2. The lowest BCUT2D eigenvalue weighted by molar-refractivity contribution is -0.118. The van der Waals surface area contributed by atoms with Crippen LogP contribution in [0.4, 0.5) is 5.69 Å². The van der Waals surface area contributed by atoms with Crippen LogP contribution in [0, 0.1) is 13.8 Å². The smallest absolute Gasteiger partial charge is 0.246 e. The molecular formula is C23H24N2O4S. The molecule has 3 aromatic rings. The molecule has 0 aliphatic heterocycles. The van der Waals surface area contributed by atoms with Gasteiger partial charge in [0.15, 0.2) is 26.7 Å². The van der Waals surface area contributed by atoms with Crippen molar-refractivity contribution < 1.29 is 17.6 Å². The molecule has 1 aliphatic carbocycles. The summed E-state index contributed by atoms with van der Waals surface area (Å²) in [6.07, 6.45) is 5.03. The summed E-state index contributed by atoms with van der Waals surface area (Å²) in [5.74, 6) is 0.158. The minimum Gasteiger partial charge on any atom is -0.444 e. The largest absolute Gasteiger partial charge is 0.444 e. The Hall–Kier alpha value is -2.93. The van der Waals surface area contributed by atoms with Crippen LogP contribution >= 0.6 is 0 Å². The second-order valence-corrected chi connectivity index (χ2v) is 10.1. The molecule has 1 saturated carbocycles. The van der Waals surface area contributed by atoms with E-state index in [0.29, 0.717) is 42.7 Å². The number of carbonyl (C=O) groups excluding carboxylic acids is 1. The van der Waals surface area contributed by atoms with Crippen LogP contribution in [0.5, 0.6) is 0 Å². The topological polar surface area (TPSA) is 89.3 Å². The first kappa shape index (κ1) is 20.3. The van der Waals surface area contributed by atoms with Gasteiger partial charge in [0.05, 0.1) is 11.1 Å². The summed E-state index contributed by atoms with van der Waals surface area (Å²) in [4.78, 5) is 17.5. The van der Waals surface area contributed by atoms with Gasteiger partial charge in [0, 0.05) is 11.3 Å². The highest BCUT2D eigenvalue weighted by atomic mass is 32.2. The normalized spacial score (nSPS) is 15.8. The van der Waals surface area contributed by atoms with Crippen LogP contribution in [0.2, 0.25) is 0 Å². The van der Waals surface area contributed by atoms with Crippen LogP contribution < -0.4 is 5.32 Å². The molecule has 4 rings (SSSR count). The summed E-state index contributed by atoms with van der Waals surface area (Å²) in [6.45, 7) is 3.63. The molecule has 1 aliphatic rings. The fraction of sp³-hybridized carbons (Fsp3) is 0.304. The Morgan fingerprint density at radius 3 is 2.40 bits per heavy atom. The van der Waals surface area contributed by atoms with Crippen molar-refractivity contribution in [2.75, 3.05) is 5.32 Å². The van der Waals surface area contributed by atoms with Crippen molar-refractivity contribution in [1.82, 2.24) is 4.98 Å². The number of nitrogens with one attached hydrogen (secondary N) is 1. The van der Waals surface area contributed by atoms with Gasteiger partial charge in [0.2, 0.25) is 5.91 Å². The Labute approximate surface area is 176 Å². The standard InChI is InChI=1S/C23H24N2O4S/c1-16-5-6-17(2)21(13-16)30(27,28)23(11-3-4-12-23)22(26)25-19-9-7-18(8-10-19)20-14-24-15-29-20/h5-10,13-15H,3-4,11-12H2,1-2H3,(H,25,26). The van der Waals surface area contributed by atoms with E-state index in [1.54, 1.807) is 49.5 Å². The molecule has 0 atom stereocenters. The Kier molecular flexibility index (Phi) is 5.24. The molecule has 6 nitrogen and oxygen atoms in total. The number of sulfone groups is 1. The van der Waals surface area contributed by atoms with E-state index in [9.17, 15) is 13.2 Å². The first-order valence-corrected chi connectivity index (χ1v) is 11.4. The van der Waals surface area contributed by atoms with Gasteiger partial charge in [-0.05, 0) is 68.1 Å². The van der Waals surface area contributed by atoms with Crippen molar-refractivity contribution in [3.63, 3.8) is 0 Å². The number of oxazole rings is 1. The summed E-state index contributed by atoms with van der Waals surface area (Å²) in [6, 6.07) is 12.4. The molecule has 2 aromatic carbocycles. The minimum atomic E-state index is -3.85. The van der Waals surface area contributed by atoms with Crippen molar-refractivity contribution in [3.8, 4) is 11.3 Å². The van der Waals surface area contributed by atoms with E-state index in [4.69, 9.17) is 4.42 Å². The average molecular weight is 425 g/mol. The number of rotatable bonds is 5. The van der Waals surface area contributed by atoms with Crippen LogP contribution in [-0.4, -0.2) is 24.1 Å². The van der Waals surface area contributed by atoms with Crippen LogP contribution in [0.25, 0.3) is 11.3 Å². The van der Waals surface area contributed by atoms with E-state index in [1.165, 1.54) is 6.39 Å². The fourth-order valence-corrected chi connectivity index (χ4v) is 6.47. The number of carbonyl (C=O) groups is 1. The molecule has 1 N–H and O–H groups in total. The van der Waals surface area contributed by atoms with Gasteiger partial charge in [-0.3, -0.25) is 4.79 Å². The maximum atomic E-state index is 13.7. The van der Waals surface area contributed by atoms with E-state index in [-0.39, 0.29) is 4.90 Å². The number of amides is 1. The summed E-state index contributed by atoms with van der Waals surface area (Å²) in [5, 5.41) is 2.84. The summed E-state index contributed by atoms with van der Waals surface area (Å²) >= 11 is 0. The lowest BCUT2D eigenvalue weighted by atomic mass is 10.1. The highest BCUT2D eigenvalue weighted by Gasteiger charge is 2.53. The first-order valence-electron chi connectivity index (χ1n) is 9.96. The number of nitrogens with zero attached hydrogens (tertiary/aromatic N) is 1. The van der Waals surface area contributed by atoms with Gasteiger partial charge in [0.25, 0.3) is 0 Å². The maximum Gasteiger partial charge on any atom is 0.246 e. The Morgan fingerprint density at radius 2 is 1.77 bits per heavy atom. The van der Waals surface area contributed by atoms with Crippen molar-refractivity contribution >= 4 is 21.4 Å². The predicted octanol–water partition coefficient (Wildman–Crippen LogP) is 4.68. The van der Waals surface area contributed by atoms with E-state index in [0.717, 1.165) is 11.1 Å². The number of hydrogen-bond donors (Lipinski definition) is 1. The quantitative estimate of drug-likeness (QED) is 0.642. The van der Waals surface area contributed by atoms with Crippen LogP contribution in [0.15, 0.2) is 64.4 Å². The van der Waals surface area contributed by atoms with Crippen molar-refractivity contribution in [1.29, 1.82) is 0 Å². The number of hydrogen-bond acceptors (Lipinski definition) is 5. The Balaban J connectivity index is 1.65. The number of benzene rings is 2. The van der Waals surface area contributed by atoms with Crippen LogP contribution in [-0.2, 0) is 14.6 Å². The van der Waals surface area contributed by atoms with Gasteiger partial charge in [-0.15, -0.1) is 0 Å². The SMILES string of the molecule is Cc1ccc(C)c(S(=O)(=O)C2(C(=O)Nc3ccc(-c4cnco4)cc3)CCCC2)c1. The Bertz CT molecular complexity index is 1160. The van der Waals surface area contributed by atoms with E-state index < -0.39 is 20.5 Å². The molecule has 30 heavy (non-hydrogen) atoms. The van der Waals surface area contributed by atoms with Crippen molar-refractivity contribution in [3.05, 3.63) is 66.2 Å². The third-order valence-corrected chi connectivity index (χ3v) is 8.47. The highest BCUT2D eigenvalue weighted by molar-refractivity contribution is 7.93. The molecule has 1 amide bonds.